The van der Waals surface area contributed by atoms with Crippen LogP contribution in [0.15, 0.2) is 74.4 Å². The molecule has 0 aliphatic rings. The average molecular weight is 421 g/mol. The fourth-order valence-corrected chi connectivity index (χ4v) is 3.90. The van der Waals surface area contributed by atoms with Crippen molar-refractivity contribution >= 4 is 39.5 Å². The summed E-state index contributed by atoms with van der Waals surface area (Å²) in [6.45, 7) is 1.92. The lowest BCUT2D eigenvalue weighted by molar-refractivity contribution is 0.0529. The quantitative estimate of drug-likeness (QED) is 0.311. The number of thiophene rings is 1. The van der Waals surface area contributed by atoms with Crippen LogP contribution in [0.25, 0.3) is 22.1 Å². The molecule has 7 heteroatoms. The second kappa shape index (κ2) is 8.42. The highest BCUT2D eigenvalue weighted by molar-refractivity contribution is 7.14. The number of benzene rings is 2. The first kappa shape index (κ1) is 19.7. The van der Waals surface area contributed by atoms with Gasteiger partial charge in [-0.1, -0.05) is 24.3 Å². The van der Waals surface area contributed by atoms with Crippen LogP contribution in [0, 0.1) is 5.82 Å². The van der Waals surface area contributed by atoms with Crippen molar-refractivity contribution < 1.29 is 18.3 Å². The van der Waals surface area contributed by atoms with Crippen molar-refractivity contribution in [3.8, 4) is 11.1 Å². The van der Waals surface area contributed by atoms with E-state index in [0.717, 1.165) is 0 Å². The van der Waals surface area contributed by atoms with Crippen molar-refractivity contribution in [2.75, 3.05) is 6.61 Å². The maximum Gasteiger partial charge on any atom is 0.341 e. The van der Waals surface area contributed by atoms with Gasteiger partial charge in [0.05, 0.1) is 17.6 Å². The summed E-state index contributed by atoms with van der Waals surface area (Å²) in [5.74, 6) is -0.899. The van der Waals surface area contributed by atoms with Crippen LogP contribution in [0.4, 0.5) is 9.39 Å². The molecule has 2 heterocycles. The number of rotatable bonds is 5. The first-order chi connectivity index (χ1) is 14.6. The summed E-state index contributed by atoms with van der Waals surface area (Å²) in [5.41, 5.74) is 2.07. The fraction of sp³-hybridized carbons (Fsp3) is 0.0870. The summed E-state index contributed by atoms with van der Waals surface area (Å²) in [6.07, 6.45) is 2.72. The second-order valence-corrected chi connectivity index (χ2v) is 7.19. The number of para-hydroxylation sites is 1. The zero-order chi connectivity index (χ0) is 21.1. The lowest BCUT2D eigenvalue weighted by atomic mass is 10.0. The van der Waals surface area contributed by atoms with Gasteiger partial charge >= 0.3 is 5.97 Å². The standard InChI is InChI=1S/C23H16FNO4S/c1-2-28-23(27)20-18(14-7-9-16(24)10-8-14)13-30-22(20)25-11-15-12-29-19-6-4-3-5-17(19)21(15)26/h3-13H,2H2,1H3. The number of carbonyl (C=O) groups is 1. The molecule has 30 heavy (non-hydrogen) atoms. The van der Waals surface area contributed by atoms with Gasteiger partial charge in [0.15, 0.2) is 0 Å². The predicted molar refractivity (Wildman–Crippen MR) is 115 cm³/mol. The molecule has 0 amide bonds. The van der Waals surface area contributed by atoms with Crippen LogP contribution in [0.3, 0.4) is 0 Å². The van der Waals surface area contributed by atoms with E-state index in [9.17, 15) is 14.0 Å². The van der Waals surface area contributed by atoms with Crippen molar-refractivity contribution in [2.24, 2.45) is 4.99 Å². The van der Waals surface area contributed by atoms with Gasteiger partial charge in [0.1, 0.15) is 28.2 Å². The van der Waals surface area contributed by atoms with Gasteiger partial charge in [0.2, 0.25) is 5.43 Å². The third kappa shape index (κ3) is 3.79. The maximum absolute atomic E-state index is 13.3. The molecular weight excluding hydrogens is 405 g/mol. The average Bonchev–Trinajstić information content (AvgIpc) is 3.18. The SMILES string of the molecule is CCOC(=O)c1c(-c2ccc(F)cc2)csc1N=Cc1coc2ccccc2c1=O. The maximum atomic E-state index is 13.3. The third-order valence-corrected chi connectivity index (χ3v) is 5.32. The lowest BCUT2D eigenvalue weighted by Crippen LogP contribution is -2.08. The molecular formula is C23H16FNO4S. The Morgan fingerprint density at radius 1 is 1.20 bits per heavy atom. The Balaban J connectivity index is 1.77. The van der Waals surface area contributed by atoms with Crippen LogP contribution >= 0.6 is 11.3 Å². The van der Waals surface area contributed by atoms with Gasteiger partial charge in [-0.25, -0.2) is 14.2 Å². The Morgan fingerprint density at radius 3 is 2.73 bits per heavy atom. The number of aliphatic imine (C=N–C) groups is 1. The van der Waals surface area contributed by atoms with Gasteiger partial charge in [0.25, 0.3) is 0 Å². The Bertz CT molecular complexity index is 1310. The van der Waals surface area contributed by atoms with Gasteiger partial charge in [-0.15, -0.1) is 11.3 Å². The molecule has 0 fully saturated rings. The summed E-state index contributed by atoms with van der Waals surface area (Å²) in [5, 5.41) is 2.60. The van der Waals surface area contributed by atoms with Crippen LogP contribution in [0.1, 0.15) is 22.8 Å². The lowest BCUT2D eigenvalue weighted by Gasteiger charge is -2.05. The minimum atomic E-state index is -0.532. The Morgan fingerprint density at radius 2 is 1.97 bits per heavy atom. The smallest absolute Gasteiger partial charge is 0.341 e. The first-order valence-corrected chi connectivity index (χ1v) is 10.1. The number of fused-ring (bicyclic) bond motifs is 1. The van der Waals surface area contributed by atoms with Crippen molar-refractivity contribution in [3.63, 3.8) is 0 Å². The number of hydrogen-bond donors (Lipinski definition) is 0. The molecule has 0 saturated carbocycles. The molecule has 5 nitrogen and oxygen atoms in total. The minimum absolute atomic E-state index is 0.203. The number of ether oxygens (including phenoxy) is 1. The summed E-state index contributed by atoms with van der Waals surface area (Å²) >= 11 is 1.23. The molecule has 0 N–H and O–H groups in total. The number of nitrogens with zero attached hydrogens (tertiary/aromatic N) is 1. The highest BCUT2D eigenvalue weighted by atomic mass is 32.1. The Kier molecular flexibility index (Phi) is 5.54. The van der Waals surface area contributed by atoms with E-state index in [2.05, 4.69) is 4.99 Å². The van der Waals surface area contributed by atoms with Gasteiger partial charge in [0, 0.05) is 17.2 Å². The van der Waals surface area contributed by atoms with E-state index in [-0.39, 0.29) is 29.0 Å². The molecule has 0 aliphatic heterocycles. The molecule has 4 aromatic rings. The van der Waals surface area contributed by atoms with E-state index in [1.165, 1.54) is 35.9 Å². The van der Waals surface area contributed by atoms with Crippen LogP contribution in [0.5, 0.6) is 0 Å². The zero-order valence-corrected chi connectivity index (χ0v) is 16.7. The van der Waals surface area contributed by atoms with Crippen LogP contribution < -0.4 is 5.43 Å². The normalized spacial score (nSPS) is 11.3. The molecule has 4 rings (SSSR count). The van der Waals surface area contributed by atoms with Crippen molar-refractivity contribution in [1.82, 2.24) is 0 Å². The molecule has 0 bridgehead atoms. The number of hydrogen-bond acceptors (Lipinski definition) is 6. The summed E-state index contributed by atoms with van der Waals surface area (Å²) < 4.78 is 24.0. The minimum Gasteiger partial charge on any atom is -0.463 e. The molecule has 0 spiro atoms. The number of esters is 1. The molecule has 2 aromatic carbocycles. The van der Waals surface area contributed by atoms with E-state index in [1.54, 1.807) is 48.7 Å². The van der Waals surface area contributed by atoms with Crippen LogP contribution in [-0.4, -0.2) is 18.8 Å². The number of carbonyl (C=O) groups excluding carboxylic acids is 1. The van der Waals surface area contributed by atoms with Gasteiger partial charge in [-0.3, -0.25) is 4.79 Å². The Labute approximate surface area is 175 Å². The molecule has 0 atom stereocenters. The van der Waals surface area contributed by atoms with Crippen LogP contribution in [0.2, 0.25) is 0 Å². The highest BCUT2D eigenvalue weighted by Gasteiger charge is 2.21. The summed E-state index contributed by atoms with van der Waals surface area (Å²) in [6, 6.07) is 12.8. The third-order valence-electron chi connectivity index (χ3n) is 4.43. The molecule has 150 valence electrons. The van der Waals surface area contributed by atoms with Crippen molar-refractivity contribution in [2.45, 2.75) is 6.92 Å². The van der Waals surface area contributed by atoms with Crippen LogP contribution in [-0.2, 0) is 4.74 Å². The predicted octanol–water partition coefficient (Wildman–Crippen LogP) is 5.59. The highest BCUT2D eigenvalue weighted by Crippen LogP contribution is 2.38. The van der Waals surface area contributed by atoms with E-state index in [0.29, 0.717) is 27.1 Å². The van der Waals surface area contributed by atoms with Gasteiger partial charge in [-0.2, -0.15) is 0 Å². The van der Waals surface area contributed by atoms with Gasteiger partial charge in [-0.05, 0) is 36.8 Å². The van der Waals surface area contributed by atoms with E-state index < -0.39 is 5.97 Å². The zero-order valence-electron chi connectivity index (χ0n) is 15.9. The summed E-state index contributed by atoms with van der Waals surface area (Å²) in [7, 11) is 0. The van der Waals surface area contributed by atoms with E-state index in [1.807, 2.05) is 0 Å². The summed E-state index contributed by atoms with van der Waals surface area (Å²) in [4.78, 5) is 29.6. The monoisotopic (exact) mass is 421 g/mol. The first-order valence-electron chi connectivity index (χ1n) is 9.17. The van der Waals surface area contributed by atoms with E-state index >= 15 is 0 Å². The van der Waals surface area contributed by atoms with Crippen molar-refractivity contribution in [3.05, 3.63) is 87.3 Å². The van der Waals surface area contributed by atoms with Gasteiger partial charge < -0.3 is 9.15 Å². The molecule has 2 aromatic heterocycles. The topological polar surface area (TPSA) is 68.9 Å². The van der Waals surface area contributed by atoms with E-state index in [4.69, 9.17) is 9.15 Å². The molecule has 0 aliphatic carbocycles. The fourth-order valence-electron chi connectivity index (χ4n) is 3.00. The number of halogens is 1. The second-order valence-electron chi connectivity index (χ2n) is 6.33. The molecule has 0 unspecified atom stereocenters. The molecule has 0 radical (unpaired) electrons. The Hall–Kier alpha value is -3.58. The molecule has 0 saturated heterocycles. The largest absolute Gasteiger partial charge is 0.463 e. The van der Waals surface area contributed by atoms with Crippen molar-refractivity contribution in [1.29, 1.82) is 0 Å².